The third-order valence-corrected chi connectivity index (χ3v) is 2.98. The maximum atomic E-state index is 12.0. The van der Waals surface area contributed by atoms with E-state index in [1.807, 2.05) is 19.1 Å². The van der Waals surface area contributed by atoms with Gasteiger partial charge < -0.3 is 10.4 Å². The van der Waals surface area contributed by atoms with E-state index in [4.69, 9.17) is 0 Å². The van der Waals surface area contributed by atoms with Crippen molar-refractivity contribution in [3.8, 4) is 5.75 Å². The van der Waals surface area contributed by atoms with E-state index in [-0.39, 0.29) is 11.7 Å². The molecule has 19 heavy (non-hydrogen) atoms. The molecule has 0 spiro atoms. The Balaban J connectivity index is 2.05. The molecule has 0 aliphatic carbocycles. The molecule has 2 rings (SSSR count). The first-order valence-electron chi connectivity index (χ1n) is 6.06. The maximum absolute atomic E-state index is 12.0. The predicted octanol–water partition coefficient (Wildman–Crippen LogP) is 2.33. The molecule has 0 bridgehead atoms. The molecule has 1 amide bonds. The summed E-state index contributed by atoms with van der Waals surface area (Å²) in [5.74, 6) is -0.0707. The van der Waals surface area contributed by atoms with Crippen LogP contribution in [-0.2, 0) is 6.54 Å². The van der Waals surface area contributed by atoms with E-state index < -0.39 is 0 Å². The summed E-state index contributed by atoms with van der Waals surface area (Å²) in [6.07, 6.45) is 1.74. The van der Waals surface area contributed by atoms with Crippen LogP contribution in [0.5, 0.6) is 5.75 Å². The van der Waals surface area contributed by atoms with Gasteiger partial charge in [-0.1, -0.05) is 12.1 Å². The van der Waals surface area contributed by atoms with Gasteiger partial charge in [-0.3, -0.25) is 9.78 Å². The van der Waals surface area contributed by atoms with E-state index in [0.29, 0.717) is 17.7 Å². The van der Waals surface area contributed by atoms with Gasteiger partial charge in [0, 0.05) is 29.6 Å². The highest BCUT2D eigenvalue weighted by molar-refractivity contribution is 5.96. The van der Waals surface area contributed by atoms with Gasteiger partial charge in [-0.15, -0.1) is 0 Å². The summed E-state index contributed by atoms with van der Waals surface area (Å²) in [4.78, 5) is 16.2. The number of phenolic OH excluding ortho intramolecular Hbond substituents is 1. The molecule has 0 radical (unpaired) electrons. The molecule has 2 N–H and O–H groups in total. The number of nitrogens with one attached hydrogen (secondary N) is 1. The van der Waals surface area contributed by atoms with Crippen LogP contribution in [-0.4, -0.2) is 16.0 Å². The number of benzene rings is 1. The summed E-state index contributed by atoms with van der Waals surface area (Å²) in [6, 6.07) is 8.75. The summed E-state index contributed by atoms with van der Waals surface area (Å²) in [7, 11) is 0. The van der Waals surface area contributed by atoms with Crippen LogP contribution in [0.25, 0.3) is 0 Å². The van der Waals surface area contributed by atoms with E-state index in [2.05, 4.69) is 10.3 Å². The molecule has 1 aromatic heterocycles. The summed E-state index contributed by atoms with van der Waals surface area (Å²) < 4.78 is 0. The average Bonchev–Trinajstić information content (AvgIpc) is 2.41. The van der Waals surface area contributed by atoms with Gasteiger partial charge in [-0.25, -0.2) is 0 Å². The number of carbonyl (C=O) groups excluding carboxylic acids is 1. The fourth-order valence-electron chi connectivity index (χ4n) is 1.75. The van der Waals surface area contributed by atoms with Crippen molar-refractivity contribution in [2.45, 2.75) is 20.4 Å². The Hall–Kier alpha value is -2.36. The highest BCUT2D eigenvalue weighted by Crippen LogP contribution is 2.19. The Labute approximate surface area is 112 Å². The highest BCUT2D eigenvalue weighted by Gasteiger charge is 2.10. The van der Waals surface area contributed by atoms with Crippen molar-refractivity contribution in [1.82, 2.24) is 10.3 Å². The number of amides is 1. The van der Waals surface area contributed by atoms with Crippen LogP contribution in [0, 0.1) is 13.8 Å². The van der Waals surface area contributed by atoms with E-state index in [0.717, 1.165) is 11.3 Å². The molecule has 0 atom stereocenters. The third kappa shape index (κ3) is 3.10. The summed E-state index contributed by atoms with van der Waals surface area (Å²) >= 11 is 0. The quantitative estimate of drug-likeness (QED) is 0.886. The number of nitrogens with zero attached hydrogens (tertiary/aromatic N) is 1. The van der Waals surface area contributed by atoms with Crippen LogP contribution in [0.1, 0.15) is 27.2 Å². The molecular weight excluding hydrogens is 240 g/mol. The second-order valence-electron chi connectivity index (χ2n) is 4.44. The topological polar surface area (TPSA) is 62.2 Å². The number of rotatable bonds is 3. The van der Waals surface area contributed by atoms with Gasteiger partial charge in [0.25, 0.3) is 5.91 Å². The summed E-state index contributed by atoms with van der Waals surface area (Å²) in [5, 5.41) is 12.4. The largest absolute Gasteiger partial charge is 0.508 e. The molecule has 4 nitrogen and oxygen atoms in total. The minimum Gasteiger partial charge on any atom is -0.508 e. The molecule has 0 fully saturated rings. The van der Waals surface area contributed by atoms with E-state index in [1.165, 1.54) is 0 Å². The van der Waals surface area contributed by atoms with Gasteiger partial charge in [0.15, 0.2) is 0 Å². The number of aromatic hydroxyl groups is 1. The SMILES string of the molecule is Cc1ccc(CNC(=O)c2cccc(O)c2C)cn1. The molecule has 2 aromatic rings. The molecule has 0 aliphatic heterocycles. The minimum atomic E-state index is -0.200. The third-order valence-electron chi connectivity index (χ3n) is 2.98. The molecule has 1 heterocycles. The molecule has 98 valence electrons. The van der Waals surface area contributed by atoms with E-state index in [1.54, 1.807) is 31.3 Å². The Morgan fingerprint density at radius 3 is 2.74 bits per heavy atom. The monoisotopic (exact) mass is 256 g/mol. The van der Waals surface area contributed by atoms with Crippen LogP contribution in [0.15, 0.2) is 36.5 Å². The van der Waals surface area contributed by atoms with Gasteiger partial charge in [0.05, 0.1) is 0 Å². The minimum absolute atomic E-state index is 0.129. The zero-order valence-corrected chi connectivity index (χ0v) is 11.0. The predicted molar refractivity (Wildman–Crippen MR) is 73.0 cm³/mol. The lowest BCUT2D eigenvalue weighted by Gasteiger charge is -2.08. The maximum Gasteiger partial charge on any atom is 0.251 e. The molecule has 0 aliphatic rings. The Morgan fingerprint density at radius 1 is 1.26 bits per heavy atom. The Kier molecular flexibility index (Phi) is 3.80. The normalized spacial score (nSPS) is 10.2. The number of hydrogen-bond acceptors (Lipinski definition) is 3. The number of aromatic nitrogens is 1. The second-order valence-corrected chi connectivity index (χ2v) is 4.44. The lowest BCUT2D eigenvalue weighted by atomic mass is 10.1. The lowest BCUT2D eigenvalue weighted by Crippen LogP contribution is -2.23. The number of phenols is 1. The van der Waals surface area contributed by atoms with Crippen LogP contribution >= 0.6 is 0 Å². The smallest absolute Gasteiger partial charge is 0.251 e. The Bertz CT molecular complexity index is 592. The van der Waals surface area contributed by atoms with Gasteiger partial charge in [0.1, 0.15) is 5.75 Å². The van der Waals surface area contributed by atoms with Gasteiger partial charge in [0.2, 0.25) is 0 Å². The summed E-state index contributed by atoms with van der Waals surface area (Å²) in [5.41, 5.74) is 2.96. The first kappa shape index (κ1) is 13.1. The first-order valence-corrected chi connectivity index (χ1v) is 6.06. The zero-order valence-electron chi connectivity index (χ0n) is 11.0. The van der Waals surface area contributed by atoms with Crippen LogP contribution in [0.4, 0.5) is 0 Å². The standard InChI is InChI=1S/C15H16N2O2/c1-10-6-7-12(8-16-10)9-17-15(19)13-4-3-5-14(18)11(13)2/h3-8,18H,9H2,1-2H3,(H,17,19). The molecule has 1 aromatic carbocycles. The van der Waals surface area contributed by atoms with E-state index >= 15 is 0 Å². The molecule has 0 unspecified atom stereocenters. The van der Waals surface area contributed by atoms with Crippen molar-refractivity contribution in [3.63, 3.8) is 0 Å². The molecular formula is C15H16N2O2. The Morgan fingerprint density at radius 2 is 2.05 bits per heavy atom. The van der Waals surface area contributed by atoms with Crippen molar-refractivity contribution >= 4 is 5.91 Å². The van der Waals surface area contributed by atoms with Crippen molar-refractivity contribution in [1.29, 1.82) is 0 Å². The number of pyridine rings is 1. The zero-order chi connectivity index (χ0) is 13.8. The van der Waals surface area contributed by atoms with Gasteiger partial charge in [-0.2, -0.15) is 0 Å². The van der Waals surface area contributed by atoms with Crippen molar-refractivity contribution in [3.05, 3.63) is 58.9 Å². The van der Waals surface area contributed by atoms with Gasteiger partial charge >= 0.3 is 0 Å². The van der Waals surface area contributed by atoms with Crippen molar-refractivity contribution < 1.29 is 9.90 Å². The van der Waals surface area contributed by atoms with Crippen molar-refractivity contribution in [2.24, 2.45) is 0 Å². The molecule has 0 saturated carbocycles. The van der Waals surface area contributed by atoms with Crippen molar-refractivity contribution in [2.75, 3.05) is 0 Å². The van der Waals surface area contributed by atoms with Gasteiger partial charge in [-0.05, 0) is 37.6 Å². The number of carbonyl (C=O) groups is 1. The lowest BCUT2D eigenvalue weighted by molar-refractivity contribution is 0.0950. The highest BCUT2D eigenvalue weighted by atomic mass is 16.3. The van der Waals surface area contributed by atoms with Crippen LogP contribution in [0.2, 0.25) is 0 Å². The van der Waals surface area contributed by atoms with Crippen LogP contribution in [0.3, 0.4) is 0 Å². The summed E-state index contributed by atoms with van der Waals surface area (Å²) in [6.45, 7) is 4.05. The molecule has 4 heteroatoms. The number of aryl methyl sites for hydroxylation is 1. The van der Waals surface area contributed by atoms with Crippen LogP contribution < -0.4 is 5.32 Å². The second kappa shape index (κ2) is 5.52. The first-order chi connectivity index (χ1) is 9.08. The fraction of sp³-hybridized carbons (Fsp3) is 0.200. The fourth-order valence-corrected chi connectivity index (χ4v) is 1.75. The number of hydrogen-bond donors (Lipinski definition) is 2. The van der Waals surface area contributed by atoms with E-state index in [9.17, 15) is 9.90 Å². The average molecular weight is 256 g/mol. The molecule has 0 saturated heterocycles.